The molecule has 0 fully saturated rings. The fourth-order valence-corrected chi connectivity index (χ4v) is 4.52. The highest BCUT2D eigenvalue weighted by Gasteiger charge is 2.15. The van der Waals surface area contributed by atoms with Gasteiger partial charge in [0.05, 0.1) is 12.9 Å². The van der Waals surface area contributed by atoms with Gasteiger partial charge in [-0.3, -0.25) is 4.79 Å². The molecule has 0 unspecified atom stereocenters. The first kappa shape index (κ1) is 24.3. The number of methoxy groups -OCH3 is 1. The molecule has 0 atom stereocenters. The zero-order chi connectivity index (χ0) is 23.1. The van der Waals surface area contributed by atoms with E-state index in [9.17, 15) is 4.79 Å². The summed E-state index contributed by atoms with van der Waals surface area (Å²) in [5.41, 5.74) is 3.10. The number of rotatable bonds is 10. The zero-order valence-corrected chi connectivity index (χ0v) is 21.4. The lowest BCUT2D eigenvalue weighted by molar-refractivity contribution is -0.113. The number of nitrogens with zero attached hydrogens (tertiary/aromatic N) is 3. The van der Waals surface area contributed by atoms with Crippen LogP contribution in [0.15, 0.2) is 60.3 Å². The van der Waals surface area contributed by atoms with E-state index >= 15 is 0 Å². The van der Waals surface area contributed by atoms with E-state index in [1.807, 2.05) is 47.0 Å². The number of halogens is 1. The Kier molecular flexibility index (Phi) is 8.75. The van der Waals surface area contributed by atoms with Crippen molar-refractivity contribution >= 4 is 45.9 Å². The minimum absolute atomic E-state index is 0.0667. The van der Waals surface area contributed by atoms with Crippen LogP contribution in [0.5, 0.6) is 5.75 Å². The average molecular weight is 562 g/mol. The number of hydrogen-bond acceptors (Lipinski definition) is 5. The molecule has 8 heteroatoms. The van der Waals surface area contributed by atoms with Gasteiger partial charge in [-0.25, -0.2) is 0 Å². The van der Waals surface area contributed by atoms with Crippen LogP contribution >= 0.6 is 34.4 Å². The molecule has 0 saturated carbocycles. The highest BCUT2D eigenvalue weighted by atomic mass is 127. The van der Waals surface area contributed by atoms with Crippen LogP contribution in [0.4, 0.5) is 5.69 Å². The number of benzene rings is 2. The summed E-state index contributed by atoms with van der Waals surface area (Å²) >= 11 is 3.67. The van der Waals surface area contributed by atoms with Gasteiger partial charge in [-0.2, -0.15) is 0 Å². The first-order valence-electron chi connectivity index (χ1n) is 10.3. The fraction of sp³-hybridized carbons (Fsp3) is 0.292. The van der Waals surface area contributed by atoms with Crippen molar-refractivity contribution in [3.05, 3.63) is 75.6 Å². The van der Waals surface area contributed by atoms with Crippen molar-refractivity contribution in [3.8, 4) is 5.75 Å². The van der Waals surface area contributed by atoms with E-state index in [0.29, 0.717) is 24.0 Å². The minimum atomic E-state index is -0.0667. The number of hydrogen-bond donors (Lipinski definition) is 1. The first-order chi connectivity index (χ1) is 15.4. The lowest BCUT2D eigenvalue weighted by Gasteiger charge is -2.14. The van der Waals surface area contributed by atoms with Crippen LogP contribution in [0.3, 0.4) is 0 Å². The summed E-state index contributed by atoms with van der Waals surface area (Å²) < 4.78 is 8.37. The van der Waals surface area contributed by atoms with E-state index in [1.165, 1.54) is 11.8 Å². The van der Waals surface area contributed by atoms with E-state index in [0.717, 1.165) is 32.0 Å². The fourth-order valence-electron chi connectivity index (χ4n) is 3.24. The summed E-state index contributed by atoms with van der Waals surface area (Å²) in [7, 11) is 1.65. The topological polar surface area (TPSA) is 69.0 Å². The SMILES string of the molecule is C=CCn1c(Cc2ccc(OC)cc2)nnc1SCC(=O)Nc1ccc(I)cc1C(C)C. The van der Waals surface area contributed by atoms with Crippen LogP contribution in [0.2, 0.25) is 0 Å². The molecule has 32 heavy (non-hydrogen) atoms. The van der Waals surface area contributed by atoms with E-state index in [1.54, 1.807) is 7.11 Å². The third-order valence-electron chi connectivity index (χ3n) is 4.87. The van der Waals surface area contributed by atoms with Crippen molar-refractivity contribution in [1.29, 1.82) is 0 Å². The molecule has 0 spiro atoms. The molecule has 3 aromatic rings. The van der Waals surface area contributed by atoms with Gasteiger partial charge < -0.3 is 14.6 Å². The molecule has 0 aliphatic carbocycles. The Hall–Kier alpha value is -2.33. The molecule has 0 saturated heterocycles. The van der Waals surface area contributed by atoms with Crippen LogP contribution in [0, 0.1) is 3.57 Å². The molecule has 0 aliphatic rings. The van der Waals surface area contributed by atoms with Gasteiger partial charge in [-0.05, 0) is 70.0 Å². The number of thioether (sulfide) groups is 1. The Bertz CT molecular complexity index is 1080. The minimum Gasteiger partial charge on any atom is -0.497 e. The second-order valence-electron chi connectivity index (χ2n) is 7.55. The van der Waals surface area contributed by atoms with Gasteiger partial charge in [-0.1, -0.05) is 43.8 Å². The second-order valence-corrected chi connectivity index (χ2v) is 9.73. The molecule has 2 aromatic carbocycles. The van der Waals surface area contributed by atoms with Gasteiger partial charge in [0.15, 0.2) is 5.16 Å². The standard InChI is InChI=1S/C24H27IN4O2S/c1-5-12-29-22(13-17-6-9-19(31-4)10-7-17)27-28-24(29)32-15-23(30)26-21-11-8-18(25)14-20(21)16(2)3/h5-11,14,16H,1,12-13,15H2,2-4H3,(H,26,30). The maximum absolute atomic E-state index is 12.6. The molecular formula is C24H27IN4O2S. The summed E-state index contributed by atoms with van der Waals surface area (Å²) in [5, 5.41) is 12.4. The van der Waals surface area contributed by atoms with Crippen LogP contribution in [0.25, 0.3) is 0 Å². The number of allylic oxidation sites excluding steroid dienone is 1. The number of carbonyl (C=O) groups excluding carboxylic acids is 1. The monoisotopic (exact) mass is 562 g/mol. The number of amides is 1. The second kappa shape index (κ2) is 11.5. The third kappa shape index (κ3) is 6.35. The Labute approximate surface area is 207 Å². The Morgan fingerprint density at radius 2 is 2.00 bits per heavy atom. The Morgan fingerprint density at radius 1 is 1.25 bits per heavy atom. The largest absolute Gasteiger partial charge is 0.497 e. The Balaban J connectivity index is 1.68. The molecule has 6 nitrogen and oxygen atoms in total. The van der Waals surface area contributed by atoms with Gasteiger partial charge in [0.1, 0.15) is 11.6 Å². The van der Waals surface area contributed by atoms with Crippen molar-refractivity contribution < 1.29 is 9.53 Å². The van der Waals surface area contributed by atoms with E-state index in [4.69, 9.17) is 4.74 Å². The van der Waals surface area contributed by atoms with Gasteiger partial charge in [0.2, 0.25) is 5.91 Å². The predicted octanol–water partition coefficient (Wildman–Crippen LogP) is 5.52. The zero-order valence-electron chi connectivity index (χ0n) is 18.5. The number of anilines is 1. The van der Waals surface area contributed by atoms with Crippen molar-refractivity contribution in [2.45, 2.75) is 37.9 Å². The molecule has 3 rings (SSSR count). The first-order valence-corrected chi connectivity index (χ1v) is 12.4. The molecule has 0 aliphatic heterocycles. The predicted molar refractivity (Wildman–Crippen MR) is 139 cm³/mol. The molecule has 1 N–H and O–H groups in total. The van der Waals surface area contributed by atoms with Crippen LogP contribution in [-0.4, -0.2) is 33.5 Å². The average Bonchev–Trinajstić information content (AvgIpc) is 3.15. The van der Waals surface area contributed by atoms with Gasteiger partial charge in [0.25, 0.3) is 0 Å². The summed E-state index contributed by atoms with van der Waals surface area (Å²) in [6.45, 7) is 8.68. The Morgan fingerprint density at radius 3 is 2.66 bits per heavy atom. The summed E-state index contributed by atoms with van der Waals surface area (Å²) in [6.07, 6.45) is 2.45. The molecular weight excluding hydrogens is 535 g/mol. The molecule has 0 radical (unpaired) electrons. The number of aromatic nitrogens is 3. The normalized spacial score (nSPS) is 10.9. The summed E-state index contributed by atoms with van der Waals surface area (Å²) in [4.78, 5) is 12.6. The van der Waals surface area contributed by atoms with Crippen molar-refractivity contribution in [2.75, 3.05) is 18.2 Å². The van der Waals surface area contributed by atoms with E-state index < -0.39 is 0 Å². The molecule has 1 heterocycles. The maximum Gasteiger partial charge on any atom is 0.234 e. The lowest BCUT2D eigenvalue weighted by Crippen LogP contribution is -2.16. The maximum atomic E-state index is 12.6. The number of nitrogens with one attached hydrogen (secondary N) is 1. The summed E-state index contributed by atoms with van der Waals surface area (Å²) in [6, 6.07) is 14.0. The highest BCUT2D eigenvalue weighted by Crippen LogP contribution is 2.27. The quantitative estimate of drug-likeness (QED) is 0.200. The smallest absolute Gasteiger partial charge is 0.234 e. The van der Waals surface area contributed by atoms with Gasteiger partial charge in [-0.15, -0.1) is 16.8 Å². The van der Waals surface area contributed by atoms with Crippen LogP contribution in [0.1, 0.15) is 36.7 Å². The van der Waals surface area contributed by atoms with Crippen LogP contribution in [-0.2, 0) is 17.8 Å². The van der Waals surface area contributed by atoms with Crippen molar-refractivity contribution in [3.63, 3.8) is 0 Å². The third-order valence-corrected chi connectivity index (χ3v) is 6.51. The summed E-state index contributed by atoms with van der Waals surface area (Å²) in [5.74, 6) is 2.16. The van der Waals surface area contributed by atoms with Crippen LogP contribution < -0.4 is 10.1 Å². The van der Waals surface area contributed by atoms with E-state index in [-0.39, 0.29) is 11.7 Å². The van der Waals surface area contributed by atoms with E-state index in [2.05, 4.69) is 64.6 Å². The van der Waals surface area contributed by atoms with Gasteiger partial charge in [0, 0.05) is 22.2 Å². The number of carbonyl (C=O) groups is 1. The molecule has 168 valence electrons. The van der Waals surface area contributed by atoms with Crippen molar-refractivity contribution in [2.24, 2.45) is 0 Å². The molecule has 1 amide bonds. The highest BCUT2D eigenvalue weighted by molar-refractivity contribution is 14.1. The van der Waals surface area contributed by atoms with Gasteiger partial charge >= 0.3 is 0 Å². The van der Waals surface area contributed by atoms with Crippen molar-refractivity contribution in [1.82, 2.24) is 14.8 Å². The molecule has 1 aromatic heterocycles. The lowest BCUT2D eigenvalue weighted by atomic mass is 10.0. The molecule has 0 bridgehead atoms. The number of ether oxygens (including phenoxy) is 1.